The van der Waals surface area contributed by atoms with E-state index in [1.54, 1.807) is 9.47 Å². The van der Waals surface area contributed by atoms with E-state index in [1.807, 2.05) is 0 Å². The highest BCUT2D eigenvalue weighted by atomic mass is 19.1. The Kier molecular flexibility index (Phi) is 4.04. The third-order valence-electron chi connectivity index (χ3n) is 4.92. The number of aromatic carboxylic acids is 1. The molecule has 2 saturated heterocycles. The van der Waals surface area contributed by atoms with E-state index in [9.17, 15) is 24.2 Å². The van der Waals surface area contributed by atoms with Crippen LogP contribution in [0, 0.1) is 5.82 Å². The number of hydrogen-bond donors (Lipinski definition) is 3. The van der Waals surface area contributed by atoms with Gasteiger partial charge >= 0.3 is 5.97 Å². The first-order valence-corrected chi connectivity index (χ1v) is 8.36. The molecule has 3 heterocycles. The first kappa shape index (κ1) is 16.8. The normalized spacial score (nSPS) is 18.1. The minimum atomic E-state index is -1.42. The molecular formula is C17H18FN3O5. The fourth-order valence-electron chi connectivity index (χ4n) is 3.42. The van der Waals surface area contributed by atoms with E-state index in [-0.39, 0.29) is 17.1 Å². The summed E-state index contributed by atoms with van der Waals surface area (Å²) in [6, 6.07) is 1.35. The Morgan fingerprint density at radius 1 is 1.31 bits per heavy atom. The Hall–Kier alpha value is -2.65. The largest absolute Gasteiger partial charge is 0.504 e. The van der Waals surface area contributed by atoms with Crippen LogP contribution in [0.1, 0.15) is 16.4 Å². The average molecular weight is 363 g/mol. The molecule has 0 bridgehead atoms. The predicted octanol–water partition coefficient (Wildman–Crippen LogP) is 0.525. The number of nitrogens with zero attached hydrogens (tertiary/aromatic N) is 2. The topological polar surface area (TPSA) is 104 Å². The van der Waals surface area contributed by atoms with Crippen molar-refractivity contribution in [1.29, 1.82) is 0 Å². The van der Waals surface area contributed by atoms with Crippen molar-refractivity contribution in [2.45, 2.75) is 6.04 Å². The van der Waals surface area contributed by atoms with Crippen molar-refractivity contribution in [2.75, 3.05) is 44.3 Å². The van der Waals surface area contributed by atoms with Gasteiger partial charge in [-0.3, -0.25) is 4.79 Å². The van der Waals surface area contributed by atoms with Crippen molar-refractivity contribution in [1.82, 2.24) is 9.88 Å². The van der Waals surface area contributed by atoms with Gasteiger partial charge in [-0.1, -0.05) is 0 Å². The molecule has 0 spiro atoms. The summed E-state index contributed by atoms with van der Waals surface area (Å²) in [5.41, 5.74) is -0.894. The highest BCUT2D eigenvalue weighted by molar-refractivity contribution is 5.96. The molecule has 0 saturated carbocycles. The van der Waals surface area contributed by atoms with Gasteiger partial charge in [0, 0.05) is 32.4 Å². The predicted molar refractivity (Wildman–Crippen MR) is 91.7 cm³/mol. The van der Waals surface area contributed by atoms with Gasteiger partial charge in [-0.15, -0.1) is 0 Å². The fourth-order valence-corrected chi connectivity index (χ4v) is 3.42. The highest BCUT2D eigenvalue weighted by Crippen LogP contribution is 2.35. The maximum Gasteiger partial charge on any atom is 0.341 e. The summed E-state index contributed by atoms with van der Waals surface area (Å²) in [5, 5.41) is 22.6. The number of aromatic hydroxyl groups is 1. The van der Waals surface area contributed by atoms with Gasteiger partial charge in [0.15, 0.2) is 11.6 Å². The number of halogens is 1. The van der Waals surface area contributed by atoms with Crippen molar-refractivity contribution < 1.29 is 24.1 Å². The number of ether oxygens (including phenoxy) is 1. The van der Waals surface area contributed by atoms with Crippen LogP contribution in [0.25, 0.3) is 10.9 Å². The van der Waals surface area contributed by atoms with E-state index in [0.717, 1.165) is 0 Å². The molecule has 138 valence electrons. The van der Waals surface area contributed by atoms with Crippen LogP contribution in [0.4, 0.5) is 10.1 Å². The zero-order valence-electron chi connectivity index (χ0n) is 13.9. The molecule has 2 fully saturated rings. The van der Waals surface area contributed by atoms with Crippen molar-refractivity contribution in [3.63, 3.8) is 0 Å². The Morgan fingerprint density at radius 3 is 2.58 bits per heavy atom. The van der Waals surface area contributed by atoms with Crippen molar-refractivity contribution in [2.24, 2.45) is 0 Å². The first-order chi connectivity index (χ1) is 12.5. The second kappa shape index (κ2) is 6.26. The Bertz CT molecular complexity index is 948. The number of piperazine rings is 1. The smallest absolute Gasteiger partial charge is 0.341 e. The number of carbonyl (C=O) groups is 1. The van der Waals surface area contributed by atoms with Crippen LogP contribution in [-0.4, -0.2) is 60.1 Å². The molecule has 2 aliphatic heterocycles. The molecule has 26 heavy (non-hydrogen) atoms. The lowest BCUT2D eigenvalue weighted by Gasteiger charge is -2.32. The van der Waals surface area contributed by atoms with Crippen molar-refractivity contribution in [3.8, 4) is 5.75 Å². The number of carboxylic acids is 1. The van der Waals surface area contributed by atoms with E-state index in [1.165, 1.54) is 12.3 Å². The Morgan fingerprint density at radius 2 is 2.00 bits per heavy atom. The molecule has 2 aromatic rings. The first-order valence-electron chi connectivity index (χ1n) is 8.36. The number of anilines is 1. The summed E-state index contributed by atoms with van der Waals surface area (Å²) < 4.78 is 21.6. The standard InChI is InChI=1S/C17H18FN3O5/c18-14-12(20-3-1-19-2-4-20)5-11-13(16(14)23)15(22)10(17(24)25)6-21(11)9-7-26-8-9/h5-6,9,19,23H,1-4,7-8H2,(H,24,25). The minimum absolute atomic E-state index is 0.170. The lowest BCUT2D eigenvalue weighted by Crippen LogP contribution is -2.44. The zero-order chi connectivity index (χ0) is 18.4. The van der Waals surface area contributed by atoms with Crippen LogP contribution in [0.2, 0.25) is 0 Å². The van der Waals surface area contributed by atoms with Gasteiger partial charge in [0.05, 0.1) is 35.8 Å². The number of hydrogen-bond acceptors (Lipinski definition) is 6. The molecule has 2 aliphatic rings. The summed E-state index contributed by atoms with van der Waals surface area (Å²) in [6.07, 6.45) is 1.25. The fraction of sp³-hybridized carbons (Fsp3) is 0.412. The maximum atomic E-state index is 14.8. The molecule has 0 unspecified atom stereocenters. The maximum absolute atomic E-state index is 14.8. The highest BCUT2D eigenvalue weighted by Gasteiger charge is 2.28. The van der Waals surface area contributed by atoms with Gasteiger partial charge in [-0.2, -0.15) is 0 Å². The number of pyridine rings is 1. The third kappa shape index (κ3) is 2.51. The van der Waals surface area contributed by atoms with Crippen LogP contribution in [0.15, 0.2) is 17.1 Å². The van der Waals surface area contributed by atoms with E-state index in [0.29, 0.717) is 44.9 Å². The van der Waals surface area contributed by atoms with Crippen molar-refractivity contribution >= 4 is 22.6 Å². The number of phenols is 1. The minimum Gasteiger partial charge on any atom is -0.504 e. The van der Waals surface area contributed by atoms with Crippen LogP contribution in [-0.2, 0) is 4.74 Å². The van der Waals surface area contributed by atoms with Gasteiger partial charge < -0.3 is 29.7 Å². The number of aromatic nitrogens is 1. The van der Waals surface area contributed by atoms with Crippen LogP contribution >= 0.6 is 0 Å². The lowest BCUT2D eigenvalue weighted by molar-refractivity contribution is -0.0217. The monoisotopic (exact) mass is 363 g/mol. The molecule has 0 aliphatic carbocycles. The summed E-state index contributed by atoms with van der Waals surface area (Å²) >= 11 is 0. The van der Waals surface area contributed by atoms with Gasteiger partial charge in [-0.25, -0.2) is 9.18 Å². The quantitative estimate of drug-likeness (QED) is 0.731. The summed E-state index contributed by atoms with van der Waals surface area (Å²) in [4.78, 5) is 25.8. The van der Waals surface area contributed by atoms with E-state index in [4.69, 9.17) is 4.74 Å². The van der Waals surface area contributed by atoms with E-state index in [2.05, 4.69) is 5.32 Å². The summed E-state index contributed by atoms with van der Waals surface area (Å²) in [6.45, 7) is 3.20. The Labute approximate surface area is 147 Å². The van der Waals surface area contributed by atoms with E-state index < -0.39 is 28.5 Å². The zero-order valence-corrected chi connectivity index (χ0v) is 13.9. The molecule has 4 rings (SSSR count). The molecule has 3 N–H and O–H groups in total. The van der Waals surface area contributed by atoms with Crippen LogP contribution < -0.4 is 15.6 Å². The number of benzene rings is 1. The van der Waals surface area contributed by atoms with Gasteiger partial charge in [0.2, 0.25) is 5.43 Å². The molecule has 1 aromatic carbocycles. The summed E-state index contributed by atoms with van der Waals surface area (Å²) in [7, 11) is 0. The molecule has 8 nitrogen and oxygen atoms in total. The van der Waals surface area contributed by atoms with E-state index >= 15 is 0 Å². The van der Waals surface area contributed by atoms with Gasteiger partial charge in [-0.05, 0) is 6.07 Å². The average Bonchev–Trinajstić information content (AvgIpc) is 2.58. The Balaban J connectivity index is 2.01. The lowest BCUT2D eigenvalue weighted by atomic mass is 10.1. The van der Waals surface area contributed by atoms with Crippen LogP contribution in [0.5, 0.6) is 5.75 Å². The van der Waals surface area contributed by atoms with Crippen molar-refractivity contribution in [3.05, 3.63) is 33.9 Å². The molecule has 9 heteroatoms. The SMILES string of the molecule is O=C(O)c1cn(C2COC2)c2cc(N3CCNCC3)c(F)c(O)c2c1=O. The second-order valence-corrected chi connectivity index (χ2v) is 6.47. The van der Waals surface area contributed by atoms with Crippen LogP contribution in [0.3, 0.4) is 0 Å². The number of phenolic OH excluding ortho intramolecular Hbond substituents is 1. The third-order valence-corrected chi connectivity index (χ3v) is 4.92. The number of nitrogens with one attached hydrogen (secondary N) is 1. The molecule has 0 atom stereocenters. The summed E-state index contributed by atoms with van der Waals surface area (Å²) in [5.74, 6) is -3.13. The molecule has 0 amide bonds. The second-order valence-electron chi connectivity index (χ2n) is 6.47. The van der Waals surface area contributed by atoms with Gasteiger partial charge in [0.25, 0.3) is 0 Å². The number of rotatable bonds is 3. The van der Waals surface area contributed by atoms with Gasteiger partial charge in [0.1, 0.15) is 5.56 Å². The molecular weight excluding hydrogens is 345 g/mol. The molecule has 0 radical (unpaired) electrons. The number of fused-ring (bicyclic) bond motifs is 1. The number of carboxylic acid groups (broad SMARTS) is 1. The molecule has 1 aromatic heterocycles.